The Morgan fingerprint density at radius 1 is 0.403 bits per heavy atom. The molecular formula is C60H50N2O10. The molecule has 0 atom stereocenters. The van der Waals surface area contributed by atoms with E-state index >= 15 is 0 Å². The zero-order chi connectivity index (χ0) is 50.1. The van der Waals surface area contributed by atoms with Gasteiger partial charge in [0.25, 0.3) is 0 Å². The van der Waals surface area contributed by atoms with Gasteiger partial charge in [0, 0.05) is 17.8 Å². The molecule has 72 heavy (non-hydrogen) atoms. The van der Waals surface area contributed by atoms with Crippen molar-refractivity contribution in [3.05, 3.63) is 215 Å². The second-order valence-electron chi connectivity index (χ2n) is 16.4. The number of ether oxygens (including phenoxy) is 6. The van der Waals surface area contributed by atoms with Crippen LogP contribution in [0.5, 0.6) is 34.5 Å². The van der Waals surface area contributed by atoms with E-state index < -0.39 is 23.9 Å². The van der Waals surface area contributed by atoms with E-state index in [1.54, 1.807) is 188 Å². The maximum absolute atomic E-state index is 13.3. The number of fused-ring (bicyclic) bond motifs is 1. The highest BCUT2D eigenvalue weighted by Gasteiger charge is 2.15. The normalized spacial score (nSPS) is 11.1. The van der Waals surface area contributed by atoms with Crippen LogP contribution in [0, 0.1) is 0 Å². The summed E-state index contributed by atoms with van der Waals surface area (Å²) in [5.74, 6) is 0.666. The summed E-state index contributed by atoms with van der Waals surface area (Å²) in [7, 11) is 0. The first-order valence-corrected chi connectivity index (χ1v) is 23.6. The molecule has 8 aromatic rings. The van der Waals surface area contributed by atoms with Crippen molar-refractivity contribution < 1.29 is 47.6 Å². The second-order valence-corrected chi connectivity index (χ2v) is 16.4. The van der Waals surface area contributed by atoms with Gasteiger partial charge in [-0.3, -0.25) is 9.98 Å². The van der Waals surface area contributed by atoms with Crippen LogP contribution < -0.4 is 28.4 Å². The van der Waals surface area contributed by atoms with Crippen LogP contribution in [-0.4, -0.2) is 49.5 Å². The van der Waals surface area contributed by atoms with Crippen molar-refractivity contribution >= 4 is 58.5 Å². The van der Waals surface area contributed by atoms with Gasteiger partial charge in [0.15, 0.2) is 0 Å². The Balaban J connectivity index is 0.809. The molecule has 0 radical (unpaired) electrons. The van der Waals surface area contributed by atoms with Crippen LogP contribution in [0.4, 0.5) is 11.4 Å². The highest BCUT2D eigenvalue weighted by atomic mass is 16.5. The van der Waals surface area contributed by atoms with E-state index in [1.165, 1.54) is 0 Å². The molecule has 0 unspecified atom stereocenters. The van der Waals surface area contributed by atoms with Crippen LogP contribution in [0.2, 0.25) is 0 Å². The largest absolute Gasteiger partial charge is 0.494 e. The average Bonchev–Trinajstić information content (AvgIpc) is 3.41. The topological polar surface area (TPSA) is 148 Å². The van der Waals surface area contributed by atoms with Crippen LogP contribution in [0.25, 0.3) is 10.8 Å². The third-order valence-electron chi connectivity index (χ3n) is 11.1. The van der Waals surface area contributed by atoms with E-state index in [0.717, 1.165) is 42.2 Å². The number of unbranched alkanes of at least 4 members (excludes halogenated alkanes) is 2. The molecule has 8 aromatic carbocycles. The lowest BCUT2D eigenvalue weighted by molar-refractivity contribution is 0.0724. The molecule has 12 nitrogen and oxygen atoms in total. The van der Waals surface area contributed by atoms with Crippen molar-refractivity contribution in [1.82, 2.24) is 0 Å². The second kappa shape index (κ2) is 24.4. The Labute approximate surface area is 417 Å². The van der Waals surface area contributed by atoms with E-state index in [4.69, 9.17) is 28.4 Å². The minimum Gasteiger partial charge on any atom is -0.494 e. The molecule has 0 aliphatic rings. The minimum absolute atomic E-state index is 0.273. The average molecular weight is 959 g/mol. The van der Waals surface area contributed by atoms with E-state index in [-0.39, 0.29) is 5.75 Å². The Morgan fingerprint density at radius 2 is 0.778 bits per heavy atom. The molecule has 8 rings (SSSR count). The molecule has 0 fully saturated rings. The van der Waals surface area contributed by atoms with Crippen molar-refractivity contribution in [1.29, 1.82) is 0 Å². The van der Waals surface area contributed by atoms with Gasteiger partial charge in [0.2, 0.25) is 0 Å². The zero-order valence-electron chi connectivity index (χ0n) is 39.7. The number of hydrogen-bond donors (Lipinski definition) is 0. The first-order chi connectivity index (χ1) is 35.2. The standard InChI is InChI=1S/C60H50N2O10/c1-3-5-36-67-50-27-19-46(20-28-50)57(63)69-52-32-23-48(24-33-52)61-39-41-10-14-44(15-11-41)59(65)71-54-31-18-43-8-7-9-56(55(43)38-54)72-60(66)45-16-12-42(13-17-45)40-62-49-25-34-53(35-26-49)70-58(64)47-21-29-51(30-22-47)68-37-6-4-2/h7-35,38-40H,3-6,36-37H2,1-2H3/b61-39+,62-40+. The highest BCUT2D eigenvalue weighted by molar-refractivity contribution is 5.98. The SMILES string of the molecule is CCCCOc1ccc(C(=O)Oc2ccc(/N=C/c3ccc(C(=O)Oc4ccc5cccc(OC(=O)c6ccc(/C=N/c7ccc(OC(=O)c8ccc(OCCCC)cc8)cc7)cc6)c5c4)cc3)cc2)cc1. The van der Waals surface area contributed by atoms with Gasteiger partial charge in [-0.05, 0) is 169 Å². The third-order valence-corrected chi connectivity index (χ3v) is 11.1. The Kier molecular flexibility index (Phi) is 16.7. The van der Waals surface area contributed by atoms with Gasteiger partial charge in [-0.15, -0.1) is 0 Å². The summed E-state index contributed by atoms with van der Waals surface area (Å²) >= 11 is 0. The lowest BCUT2D eigenvalue weighted by Crippen LogP contribution is -2.09. The third kappa shape index (κ3) is 13.8. The summed E-state index contributed by atoms with van der Waals surface area (Å²) in [6.45, 7) is 5.45. The minimum atomic E-state index is -0.568. The van der Waals surface area contributed by atoms with Crippen LogP contribution >= 0.6 is 0 Å². The fourth-order valence-corrected chi connectivity index (χ4v) is 6.98. The summed E-state index contributed by atoms with van der Waals surface area (Å²) in [4.78, 5) is 60.9. The number of carbonyl (C=O) groups is 4. The molecule has 12 heteroatoms. The molecule has 0 amide bonds. The van der Waals surface area contributed by atoms with Crippen molar-refractivity contribution in [3.8, 4) is 34.5 Å². The molecule has 0 aliphatic carbocycles. The van der Waals surface area contributed by atoms with Gasteiger partial charge >= 0.3 is 23.9 Å². The van der Waals surface area contributed by atoms with Crippen LogP contribution in [0.3, 0.4) is 0 Å². The van der Waals surface area contributed by atoms with E-state index in [0.29, 0.717) is 81.0 Å². The molecule has 0 N–H and O–H groups in total. The first kappa shape index (κ1) is 49.3. The monoisotopic (exact) mass is 958 g/mol. The molecular weight excluding hydrogens is 909 g/mol. The maximum atomic E-state index is 13.3. The molecule has 0 aliphatic heterocycles. The Bertz CT molecular complexity index is 3190. The van der Waals surface area contributed by atoms with Crippen LogP contribution in [0.15, 0.2) is 192 Å². The molecule has 0 spiro atoms. The van der Waals surface area contributed by atoms with Gasteiger partial charge in [0.1, 0.15) is 34.5 Å². The predicted octanol–water partition coefficient (Wildman–Crippen LogP) is 13.6. The summed E-state index contributed by atoms with van der Waals surface area (Å²) in [6.07, 6.45) is 7.33. The van der Waals surface area contributed by atoms with Gasteiger partial charge in [-0.2, -0.15) is 0 Å². The molecule has 360 valence electrons. The number of carbonyl (C=O) groups excluding carboxylic acids is 4. The number of aliphatic imine (C=N–C) groups is 2. The van der Waals surface area contributed by atoms with Crippen molar-refractivity contribution in [2.45, 2.75) is 39.5 Å². The zero-order valence-corrected chi connectivity index (χ0v) is 39.7. The molecule has 0 saturated carbocycles. The van der Waals surface area contributed by atoms with E-state index in [2.05, 4.69) is 23.8 Å². The Hall–Kier alpha value is -9.16. The number of nitrogens with zero attached hydrogens (tertiary/aromatic N) is 2. The lowest BCUT2D eigenvalue weighted by atomic mass is 10.1. The maximum Gasteiger partial charge on any atom is 0.343 e. The quantitative estimate of drug-likeness (QED) is 0.0313. The van der Waals surface area contributed by atoms with Crippen molar-refractivity contribution in [3.63, 3.8) is 0 Å². The fraction of sp³-hybridized carbons (Fsp3) is 0.133. The summed E-state index contributed by atoms with van der Waals surface area (Å²) < 4.78 is 34.0. The van der Waals surface area contributed by atoms with Crippen LogP contribution in [0.1, 0.15) is 92.1 Å². The van der Waals surface area contributed by atoms with Gasteiger partial charge in [-0.1, -0.05) is 69.2 Å². The van der Waals surface area contributed by atoms with Gasteiger partial charge < -0.3 is 28.4 Å². The number of rotatable bonds is 20. The molecule has 0 saturated heterocycles. The van der Waals surface area contributed by atoms with Gasteiger partial charge in [0.05, 0.1) is 46.8 Å². The molecule has 0 heterocycles. The number of esters is 4. The lowest BCUT2D eigenvalue weighted by Gasteiger charge is -2.10. The molecule has 0 bridgehead atoms. The number of hydrogen-bond acceptors (Lipinski definition) is 12. The van der Waals surface area contributed by atoms with E-state index in [1.807, 2.05) is 6.07 Å². The first-order valence-electron chi connectivity index (χ1n) is 23.6. The summed E-state index contributed by atoms with van der Waals surface area (Å²) in [5.41, 5.74) is 4.26. The van der Waals surface area contributed by atoms with Gasteiger partial charge in [-0.25, -0.2) is 19.2 Å². The van der Waals surface area contributed by atoms with Crippen molar-refractivity contribution in [2.75, 3.05) is 13.2 Å². The molecule has 0 aromatic heterocycles. The van der Waals surface area contributed by atoms with E-state index in [9.17, 15) is 19.2 Å². The number of benzene rings is 8. The summed E-state index contributed by atoms with van der Waals surface area (Å²) in [5, 5.41) is 1.36. The smallest absolute Gasteiger partial charge is 0.343 e. The van der Waals surface area contributed by atoms with Crippen LogP contribution in [-0.2, 0) is 0 Å². The fourth-order valence-electron chi connectivity index (χ4n) is 6.98. The summed E-state index contributed by atoms with van der Waals surface area (Å²) in [6, 6.07) is 51.4. The predicted molar refractivity (Wildman–Crippen MR) is 278 cm³/mol. The highest BCUT2D eigenvalue weighted by Crippen LogP contribution is 2.31. The van der Waals surface area contributed by atoms with Crippen molar-refractivity contribution in [2.24, 2.45) is 9.98 Å². The Morgan fingerprint density at radius 3 is 1.21 bits per heavy atom.